The molecule has 1 amide bonds. The predicted octanol–water partition coefficient (Wildman–Crippen LogP) is 4.34. The van der Waals surface area contributed by atoms with Crippen molar-refractivity contribution < 1.29 is 9.53 Å². The quantitative estimate of drug-likeness (QED) is 0.670. The summed E-state index contributed by atoms with van der Waals surface area (Å²) >= 11 is 1.64. The molecule has 2 rings (SSSR count). The van der Waals surface area contributed by atoms with Gasteiger partial charge in [0.2, 0.25) is 0 Å². The Labute approximate surface area is 147 Å². The number of hydrogen-bond donors (Lipinski definition) is 2. The van der Waals surface area contributed by atoms with Crippen LogP contribution in [-0.4, -0.2) is 17.2 Å². The van der Waals surface area contributed by atoms with Gasteiger partial charge in [-0.25, -0.2) is 9.78 Å². The number of aryl methyl sites for hydroxylation is 1. The lowest BCUT2D eigenvalue weighted by Crippen LogP contribution is -2.23. The van der Waals surface area contributed by atoms with Crippen LogP contribution in [0.2, 0.25) is 0 Å². The van der Waals surface area contributed by atoms with E-state index in [-0.39, 0.29) is 6.10 Å². The van der Waals surface area contributed by atoms with Crippen LogP contribution in [0, 0.1) is 0 Å². The molecule has 0 aliphatic heterocycles. The molecule has 0 saturated heterocycles. The van der Waals surface area contributed by atoms with Gasteiger partial charge in [-0.15, -0.1) is 11.3 Å². The first-order chi connectivity index (χ1) is 11.7. The van der Waals surface area contributed by atoms with Gasteiger partial charge in [0.05, 0.1) is 6.54 Å². The van der Waals surface area contributed by atoms with Crippen LogP contribution in [0.4, 0.5) is 10.5 Å². The predicted molar refractivity (Wildman–Crippen MR) is 98.2 cm³/mol. The van der Waals surface area contributed by atoms with E-state index in [0.717, 1.165) is 49.3 Å². The van der Waals surface area contributed by atoms with E-state index in [9.17, 15) is 4.79 Å². The molecule has 1 unspecified atom stereocenters. The van der Waals surface area contributed by atoms with Gasteiger partial charge in [-0.1, -0.05) is 31.9 Å². The van der Waals surface area contributed by atoms with Crippen molar-refractivity contribution in [1.82, 2.24) is 4.98 Å². The van der Waals surface area contributed by atoms with E-state index in [4.69, 9.17) is 10.5 Å². The van der Waals surface area contributed by atoms with Crippen molar-refractivity contribution in [1.29, 1.82) is 0 Å². The number of hydrogen-bond acceptors (Lipinski definition) is 5. The molecule has 1 heterocycles. The first-order valence-electron chi connectivity index (χ1n) is 8.34. The van der Waals surface area contributed by atoms with Gasteiger partial charge in [-0.3, -0.25) is 0 Å². The number of rotatable bonds is 10. The topological polar surface area (TPSA) is 77.2 Å². The number of unbranched alkanes of at least 4 members (excludes halogenated alkanes) is 1. The highest BCUT2D eigenvalue weighted by Crippen LogP contribution is 2.17. The SMILES string of the molecule is CCCCC(CCc1cccc(NCc2nccs2)c1)OC(N)=O. The molecule has 0 fully saturated rings. The summed E-state index contributed by atoms with van der Waals surface area (Å²) in [6.45, 7) is 2.85. The smallest absolute Gasteiger partial charge is 0.404 e. The van der Waals surface area contributed by atoms with Crippen LogP contribution in [0.1, 0.15) is 43.2 Å². The third kappa shape index (κ3) is 6.58. The minimum atomic E-state index is -0.685. The first kappa shape index (κ1) is 18.3. The van der Waals surface area contributed by atoms with Gasteiger partial charge < -0.3 is 15.8 Å². The number of amides is 1. The van der Waals surface area contributed by atoms with Gasteiger partial charge in [-0.05, 0) is 37.0 Å². The summed E-state index contributed by atoms with van der Waals surface area (Å²) in [5.74, 6) is 0. The standard InChI is InChI=1S/C18H25N3O2S/c1-2-3-7-16(23-18(19)22)9-8-14-5-4-6-15(12-14)21-13-17-20-10-11-24-17/h4-6,10-12,16,21H,2-3,7-9,13H2,1H3,(H2,19,22). The molecular formula is C18H25N3O2S. The van der Waals surface area contributed by atoms with E-state index in [0.29, 0.717) is 0 Å². The van der Waals surface area contributed by atoms with Crippen LogP contribution in [0.5, 0.6) is 0 Å². The van der Waals surface area contributed by atoms with Gasteiger partial charge in [0.25, 0.3) is 0 Å². The highest BCUT2D eigenvalue weighted by Gasteiger charge is 2.12. The Kier molecular flexibility index (Phi) is 7.55. The Bertz CT molecular complexity index is 616. The maximum absolute atomic E-state index is 11.0. The van der Waals surface area contributed by atoms with E-state index in [2.05, 4.69) is 29.4 Å². The van der Waals surface area contributed by atoms with Gasteiger partial charge in [-0.2, -0.15) is 0 Å². The molecule has 130 valence electrons. The summed E-state index contributed by atoms with van der Waals surface area (Å²) in [5.41, 5.74) is 7.46. The lowest BCUT2D eigenvalue weighted by molar-refractivity contribution is 0.0945. The van der Waals surface area contributed by atoms with Crippen LogP contribution in [0.25, 0.3) is 0 Å². The molecule has 0 radical (unpaired) electrons. The Morgan fingerprint density at radius 2 is 2.29 bits per heavy atom. The van der Waals surface area contributed by atoms with E-state index in [1.54, 1.807) is 11.3 Å². The van der Waals surface area contributed by atoms with Crippen molar-refractivity contribution in [3.8, 4) is 0 Å². The Balaban J connectivity index is 1.86. The molecule has 0 aliphatic rings. The Morgan fingerprint density at radius 3 is 3.00 bits per heavy atom. The molecule has 3 N–H and O–H groups in total. The highest BCUT2D eigenvalue weighted by atomic mass is 32.1. The maximum Gasteiger partial charge on any atom is 0.404 e. The molecule has 1 aromatic carbocycles. The summed E-state index contributed by atoms with van der Waals surface area (Å²) in [7, 11) is 0. The Hall–Kier alpha value is -2.08. The van der Waals surface area contributed by atoms with E-state index >= 15 is 0 Å². The number of thiazole rings is 1. The van der Waals surface area contributed by atoms with Crippen molar-refractivity contribution >= 4 is 23.1 Å². The number of carbonyl (C=O) groups is 1. The monoisotopic (exact) mass is 347 g/mol. The Morgan fingerprint density at radius 1 is 1.42 bits per heavy atom. The van der Waals surface area contributed by atoms with Crippen LogP contribution in [0.3, 0.4) is 0 Å². The number of nitrogens with zero attached hydrogens (tertiary/aromatic N) is 1. The number of ether oxygens (including phenoxy) is 1. The minimum Gasteiger partial charge on any atom is -0.446 e. The van der Waals surface area contributed by atoms with Gasteiger partial charge in [0.1, 0.15) is 11.1 Å². The fourth-order valence-electron chi connectivity index (χ4n) is 2.54. The zero-order chi connectivity index (χ0) is 17.2. The molecule has 1 aromatic heterocycles. The lowest BCUT2D eigenvalue weighted by Gasteiger charge is -2.16. The normalized spacial score (nSPS) is 11.9. The molecule has 6 heteroatoms. The fourth-order valence-corrected chi connectivity index (χ4v) is 3.10. The number of anilines is 1. The van der Waals surface area contributed by atoms with E-state index in [1.165, 1.54) is 5.56 Å². The van der Waals surface area contributed by atoms with E-state index in [1.807, 2.05) is 23.7 Å². The van der Waals surface area contributed by atoms with Crippen molar-refractivity contribution in [2.45, 2.75) is 51.7 Å². The first-order valence-corrected chi connectivity index (χ1v) is 9.22. The van der Waals surface area contributed by atoms with Gasteiger partial charge in [0, 0.05) is 17.3 Å². The van der Waals surface area contributed by atoms with Crippen molar-refractivity contribution in [2.75, 3.05) is 5.32 Å². The molecule has 0 bridgehead atoms. The number of primary amides is 1. The lowest BCUT2D eigenvalue weighted by atomic mass is 10.0. The molecule has 24 heavy (non-hydrogen) atoms. The number of nitrogens with one attached hydrogen (secondary N) is 1. The summed E-state index contributed by atoms with van der Waals surface area (Å²) in [4.78, 5) is 15.3. The van der Waals surface area contributed by atoms with Crippen molar-refractivity contribution in [3.05, 3.63) is 46.4 Å². The zero-order valence-corrected chi connectivity index (χ0v) is 14.8. The minimum absolute atomic E-state index is 0.102. The third-order valence-electron chi connectivity index (χ3n) is 3.77. The third-order valence-corrected chi connectivity index (χ3v) is 4.55. The number of carbonyl (C=O) groups excluding carboxylic acids is 1. The number of benzene rings is 1. The summed E-state index contributed by atoms with van der Waals surface area (Å²) in [6.07, 6.45) is 5.65. The number of nitrogens with two attached hydrogens (primary N) is 1. The molecule has 0 saturated carbocycles. The van der Waals surface area contributed by atoms with Crippen LogP contribution >= 0.6 is 11.3 Å². The van der Waals surface area contributed by atoms with Crippen LogP contribution in [-0.2, 0) is 17.7 Å². The van der Waals surface area contributed by atoms with Crippen LogP contribution < -0.4 is 11.1 Å². The average molecular weight is 347 g/mol. The highest BCUT2D eigenvalue weighted by molar-refractivity contribution is 7.09. The second-order valence-electron chi connectivity index (χ2n) is 5.72. The molecule has 5 nitrogen and oxygen atoms in total. The molecular weight excluding hydrogens is 322 g/mol. The largest absolute Gasteiger partial charge is 0.446 e. The molecule has 2 aromatic rings. The van der Waals surface area contributed by atoms with Crippen LogP contribution in [0.15, 0.2) is 35.8 Å². The summed E-state index contributed by atoms with van der Waals surface area (Å²) < 4.78 is 5.22. The zero-order valence-electron chi connectivity index (χ0n) is 14.0. The van der Waals surface area contributed by atoms with Gasteiger partial charge >= 0.3 is 6.09 Å². The molecule has 0 spiro atoms. The maximum atomic E-state index is 11.0. The van der Waals surface area contributed by atoms with Gasteiger partial charge in [0.15, 0.2) is 0 Å². The molecule has 1 atom stereocenters. The second-order valence-corrected chi connectivity index (χ2v) is 6.70. The number of aromatic nitrogens is 1. The summed E-state index contributed by atoms with van der Waals surface area (Å²) in [6, 6.07) is 8.31. The molecule has 0 aliphatic carbocycles. The van der Waals surface area contributed by atoms with E-state index < -0.39 is 6.09 Å². The summed E-state index contributed by atoms with van der Waals surface area (Å²) in [5, 5.41) is 6.42. The van der Waals surface area contributed by atoms with Crippen molar-refractivity contribution in [2.24, 2.45) is 5.73 Å². The fraction of sp³-hybridized carbons (Fsp3) is 0.444. The second kappa shape index (κ2) is 9.93. The van der Waals surface area contributed by atoms with Crippen molar-refractivity contribution in [3.63, 3.8) is 0 Å². The average Bonchev–Trinajstić information content (AvgIpc) is 3.09.